The highest BCUT2D eigenvalue weighted by Crippen LogP contribution is 2.61. The second kappa shape index (κ2) is 12.5. The van der Waals surface area contributed by atoms with Crippen molar-refractivity contribution >= 4 is 35.9 Å². The molecule has 1 aliphatic heterocycles. The van der Waals surface area contributed by atoms with Crippen LogP contribution >= 0.6 is 0 Å². The van der Waals surface area contributed by atoms with Crippen molar-refractivity contribution in [2.45, 2.75) is 84.0 Å². The van der Waals surface area contributed by atoms with Crippen molar-refractivity contribution in [1.29, 1.82) is 0 Å². The Morgan fingerprint density at radius 2 is 1.11 bits per heavy atom. The number of hydrogen-bond donors (Lipinski definition) is 0. The van der Waals surface area contributed by atoms with Gasteiger partial charge in [-0.2, -0.15) is 0 Å². The van der Waals surface area contributed by atoms with Gasteiger partial charge in [0.05, 0.1) is 16.6 Å². The quantitative estimate of drug-likeness (QED) is 0.154. The van der Waals surface area contributed by atoms with Crippen molar-refractivity contribution in [3.05, 3.63) is 144 Å². The minimum atomic E-state index is -0.702. The summed E-state index contributed by atoms with van der Waals surface area (Å²) in [5, 5.41) is 2.44. The molecule has 0 amide bonds. The molecule has 2 aliphatic carbocycles. The summed E-state index contributed by atoms with van der Waals surface area (Å²) in [6, 6.07) is 45.3. The lowest BCUT2D eigenvalue weighted by atomic mass is 9.62. The van der Waals surface area contributed by atoms with E-state index in [9.17, 15) is 0 Å². The molecule has 1 fully saturated rings. The maximum atomic E-state index is 6.79. The van der Waals surface area contributed by atoms with Crippen molar-refractivity contribution in [2.75, 3.05) is 6.61 Å². The maximum absolute atomic E-state index is 6.79. The summed E-state index contributed by atoms with van der Waals surface area (Å²) in [4.78, 5) is 0. The summed E-state index contributed by atoms with van der Waals surface area (Å²) in [5.41, 5.74) is 12.3. The monoisotopic (exact) mass is 710 g/mol. The van der Waals surface area contributed by atoms with E-state index in [1.54, 1.807) is 0 Å². The zero-order chi connectivity index (χ0) is 37.6. The van der Waals surface area contributed by atoms with E-state index >= 15 is 0 Å². The third kappa shape index (κ3) is 5.22. The first-order chi connectivity index (χ1) is 25.9. The van der Waals surface area contributed by atoms with Gasteiger partial charge in [0.2, 0.25) is 0 Å². The van der Waals surface area contributed by atoms with Crippen LogP contribution in [0.15, 0.2) is 121 Å². The molecule has 3 aliphatic rings. The van der Waals surface area contributed by atoms with Crippen LogP contribution in [0.4, 0.5) is 0 Å². The average Bonchev–Trinajstić information content (AvgIpc) is 3.53. The molecule has 0 bridgehead atoms. The van der Waals surface area contributed by atoms with E-state index in [1.165, 1.54) is 66.4 Å². The van der Waals surface area contributed by atoms with Gasteiger partial charge in [-0.25, -0.2) is 0 Å². The lowest BCUT2D eigenvalue weighted by molar-refractivity contribution is 0.00578. The second-order valence-corrected chi connectivity index (χ2v) is 16.8. The van der Waals surface area contributed by atoms with Gasteiger partial charge < -0.3 is 18.6 Å². The van der Waals surface area contributed by atoms with Gasteiger partial charge >= 0.3 is 14.2 Å². The lowest BCUT2D eigenvalue weighted by Gasteiger charge is -2.36. The van der Waals surface area contributed by atoms with E-state index in [0.717, 1.165) is 17.3 Å². The Bertz CT molecular complexity index is 2430. The summed E-state index contributed by atoms with van der Waals surface area (Å²) in [7, 11) is -1.05. The van der Waals surface area contributed by atoms with Crippen molar-refractivity contribution < 1.29 is 18.6 Å². The molecule has 1 spiro atoms. The van der Waals surface area contributed by atoms with E-state index in [1.807, 2.05) is 6.92 Å². The molecule has 0 aromatic heterocycles. The fourth-order valence-corrected chi connectivity index (χ4v) is 8.85. The van der Waals surface area contributed by atoms with Crippen LogP contribution in [-0.2, 0) is 24.0 Å². The van der Waals surface area contributed by atoms with Crippen molar-refractivity contribution in [3.8, 4) is 33.4 Å². The summed E-state index contributed by atoms with van der Waals surface area (Å²) in [6.45, 7) is 17.5. The fraction of sp³-hybridized carbons (Fsp3) is 0.292. The summed E-state index contributed by atoms with van der Waals surface area (Å²) >= 11 is 0. The highest BCUT2D eigenvalue weighted by Gasteiger charge is 2.54. The van der Waals surface area contributed by atoms with Gasteiger partial charge in [0.1, 0.15) is 0 Å². The van der Waals surface area contributed by atoms with E-state index in [2.05, 4.69) is 170 Å². The Kier molecular flexibility index (Phi) is 8.19. The van der Waals surface area contributed by atoms with Crippen LogP contribution in [0.5, 0.6) is 0 Å². The van der Waals surface area contributed by atoms with Gasteiger partial charge in [-0.15, -0.1) is 0 Å². The predicted molar refractivity (Wildman–Crippen MR) is 224 cm³/mol. The highest BCUT2D eigenvalue weighted by atomic mass is 16.7. The Balaban J connectivity index is 1.42. The molecule has 0 saturated carbocycles. The Morgan fingerprint density at radius 1 is 0.574 bits per heavy atom. The van der Waals surface area contributed by atoms with Crippen LogP contribution < -0.4 is 10.9 Å². The minimum Gasteiger partial charge on any atom is -0.408 e. The van der Waals surface area contributed by atoms with Crippen LogP contribution in [-0.4, -0.2) is 37.6 Å². The molecule has 6 aromatic rings. The van der Waals surface area contributed by atoms with Crippen LogP contribution in [0, 0.1) is 0 Å². The maximum Gasteiger partial charge on any atom is 0.494 e. The van der Waals surface area contributed by atoms with E-state index in [0.29, 0.717) is 6.61 Å². The lowest BCUT2D eigenvalue weighted by Crippen LogP contribution is -2.44. The van der Waals surface area contributed by atoms with Gasteiger partial charge in [0.25, 0.3) is 0 Å². The number of benzene rings is 6. The molecule has 54 heavy (non-hydrogen) atoms. The molecule has 1 saturated heterocycles. The molecule has 0 N–H and O–H groups in total. The molecule has 1 unspecified atom stereocenters. The summed E-state index contributed by atoms with van der Waals surface area (Å²) in [5.74, 6) is 0. The Morgan fingerprint density at radius 3 is 1.76 bits per heavy atom. The first kappa shape index (κ1) is 35.3. The SMILES string of the molecule is CCOB(OC(C)(C)CC)c1ccc2c(c1)C1(c3cc(B4OC(C)(C)C(C)(C)O4)ccc3-c3ccccc3-2)c2ccccc2-c2cc3ccccc3cc21. The number of rotatable bonds is 7. The third-order valence-corrected chi connectivity index (χ3v) is 12.7. The van der Waals surface area contributed by atoms with Crippen LogP contribution in [0.2, 0.25) is 0 Å². The molecular weight excluding hydrogens is 662 g/mol. The molecule has 1 atom stereocenters. The zero-order valence-electron chi connectivity index (χ0n) is 32.7. The van der Waals surface area contributed by atoms with E-state index in [-0.39, 0.29) is 5.60 Å². The van der Waals surface area contributed by atoms with Crippen LogP contribution in [0.25, 0.3) is 44.2 Å². The van der Waals surface area contributed by atoms with Gasteiger partial charge in [-0.05, 0) is 144 Å². The minimum absolute atomic E-state index is 0.368. The summed E-state index contributed by atoms with van der Waals surface area (Å²) < 4.78 is 26.7. The first-order valence-electron chi connectivity index (χ1n) is 19.6. The van der Waals surface area contributed by atoms with Gasteiger partial charge in [-0.3, -0.25) is 0 Å². The third-order valence-electron chi connectivity index (χ3n) is 12.7. The fourth-order valence-electron chi connectivity index (χ4n) is 8.85. The zero-order valence-corrected chi connectivity index (χ0v) is 32.7. The highest BCUT2D eigenvalue weighted by molar-refractivity contribution is 6.62. The molecule has 0 radical (unpaired) electrons. The predicted octanol–water partition coefficient (Wildman–Crippen LogP) is 10.1. The van der Waals surface area contributed by atoms with E-state index < -0.39 is 30.9 Å². The smallest absolute Gasteiger partial charge is 0.408 e. The Hall–Kier alpha value is -4.45. The van der Waals surface area contributed by atoms with E-state index in [4.69, 9.17) is 18.6 Å². The van der Waals surface area contributed by atoms with Crippen LogP contribution in [0.3, 0.4) is 0 Å². The average molecular weight is 711 g/mol. The van der Waals surface area contributed by atoms with Gasteiger partial charge in [-0.1, -0.05) is 116 Å². The normalized spacial score (nSPS) is 18.9. The molecular formula is C48H48B2O4. The van der Waals surface area contributed by atoms with Gasteiger partial charge in [0.15, 0.2) is 0 Å². The molecule has 9 rings (SSSR count). The molecule has 270 valence electrons. The topological polar surface area (TPSA) is 36.9 Å². The van der Waals surface area contributed by atoms with Crippen molar-refractivity contribution in [2.24, 2.45) is 0 Å². The second-order valence-electron chi connectivity index (χ2n) is 16.8. The van der Waals surface area contributed by atoms with Crippen LogP contribution in [0.1, 0.15) is 84.1 Å². The molecule has 4 nitrogen and oxygen atoms in total. The molecule has 6 aromatic carbocycles. The molecule has 6 heteroatoms. The standard InChI is InChI=1S/C48H48B2O4/c1-9-45(3,4)52-49(51-10-2)33-23-25-38-35-19-13-14-20-36(35)39-26-24-34(50-53-46(5,6)47(7,8)54-50)30-44(39)48(43(38)29-33)41-22-16-15-21-37(41)40-27-31-17-11-12-18-32(31)28-42(40)48/h11-30H,9-10H2,1-8H3. The Labute approximate surface area is 321 Å². The largest absolute Gasteiger partial charge is 0.494 e. The molecule has 1 heterocycles. The summed E-state index contributed by atoms with van der Waals surface area (Å²) in [6.07, 6.45) is 0.863. The first-order valence-corrected chi connectivity index (χ1v) is 19.6. The number of hydrogen-bond acceptors (Lipinski definition) is 4. The van der Waals surface area contributed by atoms with Crippen molar-refractivity contribution in [1.82, 2.24) is 0 Å². The van der Waals surface area contributed by atoms with Gasteiger partial charge in [0, 0.05) is 12.2 Å². The van der Waals surface area contributed by atoms with Crippen molar-refractivity contribution in [3.63, 3.8) is 0 Å². The number of fused-ring (bicyclic) bond motifs is 13.